The first kappa shape index (κ1) is 24.3. The highest BCUT2D eigenvalue weighted by Gasteiger charge is 2.38. The molecule has 2 aliphatic rings. The van der Waals surface area contributed by atoms with Crippen molar-refractivity contribution in [3.63, 3.8) is 0 Å². The van der Waals surface area contributed by atoms with Crippen molar-refractivity contribution < 1.29 is 4.79 Å². The summed E-state index contributed by atoms with van der Waals surface area (Å²) >= 11 is 1.87. The molecule has 0 spiro atoms. The minimum atomic E-state index is 0.216. The molecule has 0 bridgehead atoms. The Morgan fingerprint density at radius 3 is 2.37 bits per heavy atom. The lowest BCUT2D eigenvalue weighted by Gasteiger charge is -2.37. The second-order valence-corrected chi connectivity index (χ2v) is 11.6. The number of amides is 1. The van der Waals surface area contributed by atoms with Gasteiger partial charge in [-0.25, -0.2) is 0 Å². The Balaban J connectivity index is 1.43. The summed E-state index contributed by atoms with van der Waals surface area (Å²) in [4.78, 5) is 20.2. The maximum atomic E-state index is 13.8. The van der Waals surface area contributed by atoms with Gasteiger partial charge in [-0.1, -0.05) is 61.7 Å². The first-order valence-electron chi connectivity index (χ1n) is 13.3. The van der Waals surface area contributed by atoms with Crippen molar-refractivity contribution >= 4 is 17.2 Å². The molecule has 2 heterocycles. The third kappa shape index (κ3) is 5.54. The molecule has 35 heavy (non-hydrogen) atoms. The summed E-state index contributed by atoms with van der Waals surface area (Å²) in [5.41, 5.74) is 5.05. The van der Waals surface area contributed by atoms with E-state index < -0.39 is 0 Å². The fraction of sp³-hybridized carbons (Fsp3) is 0.452. The van der Waals surface area contributed by atoms with Crippen molar-refractivity contribution in [1.29, 1.82) is 0 Å². The van der Waals surface area contributed by atoms with E-state index >= 15 is 0 Å². The van der Waals surface area contributed by atoms with Gasteiger partial charge in [0.15, 0.2) is 0 Å². The van der Waals surface area contributed by atoms with Crippen LogP contribution in [-0.4, -0.2) is 41.4 Å². The predicted octanol–water partition coefficient (Wildman–Crippen LogP) is 7.06. The molecule has 1 saturated heterocycles. The fourth-order valence-corrected chi connectivity index (χ4v) is 7.14. The Kier molecular flexibility index (Phi) is 7.69. The van der Waals surface area contributed by atoms with Crippen LogP contribution in [0.25, 0.3) is 0 Å². The van der Waals surface area contributed by atoms with Crippen LogP contribution in [0.2, 0.25) is 0 Å². The van der Waals surface area contributed by atoms with Crippen LogP contribution < -0.4 is 0 Å². The number of aryl methyl sites for hydroxylation is 2. The number of carbonyl (C=O) groups is 1. The molecule has 1 aliphatic carbocycles. The van der Waals surface area contributed by atoms with Gasteiger partial charge in [-0.15, -0.1) is 11.3 Å². The zero-order valence-corrected chi connectivity index (χ0v) is 22.0. The van der Waals surface area contributed by atoms with E-state index in [9.17, 15) is 4.79 Å². The summed E-state index contributed by atoms with van der Waals surface area (Å²) in [7, 11) is 0. The van der Waals surface area contributed by atoms with Gasteiger partial charge in [-0.05, 0) is 72.9 Å². The molecule has 0 unspecified atom stereocenters. The van der Waals surface area contributed by atoms with Gasteiger partial charge in [-0.2, -0.15) is 0 Å². The zero-order chi connectivity index (χ0) is 24.2. The topological polar surface area (TPSA) is 23.6 Å². The predicted molar refractivity (Wildman–Crippen MR) is 146 cm³/mol. The summed E-state index contributed by atoms with van der Waals surface area (Å²) in [6, 6.07) is 21.4. The van der Waals surface area contributed by atoms with Gasteiger partial charge in [0, 0.05) is 48.6 Å². The first-order chi connectivity index (χ1) is 17.1. The third-order valence-electron chi connectivity index (χ3n) is 8.17. The van der Waals surface area contributed by atoms with Gasteiger partial charge in [0.1, 0.15) is 0 Å². The Morgan fingerprint density at radius 2 is 1.66 bits per heavy atom. The van der Waals surface area contributed by atoms with Crippen LogP contribution in [-0.2, 0) is 6.54 Å². The molecule has 3 nitrogen and oxygen atoms in total. The Hall–Kier alpha value is -2.43. The van der Waals surface area contributed by atoms with Crippen LogP contribution in [0.15, 0.2) is 66.0 Å². The molecule has 184 valence electrons. The van der Waals surface area contributed by atoms with Crippen LogP contribution in [0.1, 0.15) is 69.9 Å². The molecule has 2 aromatic carbocycles. The van der Waals surface area contributed by atoms with Gasteiger partial charge in [-0.3, -0.25) is 9.69 Å². The largest absolute Gasteiger partial charge is 0.335 e. The SMILES string of the molecule is Cc1ccccc1[C@@H]1CN(Cc2sccc2C)C[C@@H]1CN(C(=O)c1ccccc1)C1CCCCC1. The number of carbonyl (C=O) groups excluding carboxylic acids is 1. The second kappa shape index (κ2) is 11.1. The molecule has 2 atom stereocenters. The van der Waals surface area contributed by atoms with E-state index in [1.165, 1.54) is 40.8 Å². The second-order valence-electron chi connectivity index (χ2n) is 10.6. The van der Waals surface area contributed by atoms with Gasteiger partial charge in [0.2, 0.25) is 0 Å². The zero-order valence-electron chi connectivity index (χ0n) is 21.2. The molecule has 1 aliphatic heterocycles. The van der Waals surface area contributed by atoms with Crippen molar-refractivity contribution in [2.24, 2.45) is 5.92 Å². The van der Waals surface area contributed by atoms with Crippen molar-refractivity contribution in [2.75, 3.05) is 19.6 Å². The average molecular weight is 487 g/mol. The van der Waals surface area contributed by atoms with Gasteiger partial charge >= 0.3 is 0 Å². The first-order valence-corrected chi connectivity index (χ1v) is 14.1. The van der Waals surface area contributed by atoms with E-state index in [2.05, 4.69) is 59.4 Å². The minimum Gasteiger partial charge on any atom is -0.335 e. The smallest absolute Gasteiger partial charge is 0.254 e. The van der Waals surface area contributed by atoms with Crippen molar-refractivity contribution in [3.05, 3.63) is 93.2 Å². The molecule has 3 aromatic rings. The maximum Gasteiger partial charge on any atom is 0.254 e. The lowest BCUT2D eigenvalue weighted by atomic mass is 9.85. The summed E-state index contributed by atoms with van der Waals surface area (Å²) in [6.45, 7) is 8.43. The van der Waals surface area contributed by atoms with Crippen molar-refractivity contribution in [1.82, 2.24) is 9.80 Å². The highest BCUT2D eigenvalue weighted by molar-refractivity contribution is 7.10. The van der Waals surface area contributed by atoms with E-state index in [-0.39, 0.29) is 5.91 Å². The van der Waals surface area contributed by atoms with Crippen molar-refractivity contribution in [2.45, 2.75) is 64.5 Å². The molecule has 1 aromatic heterocycles. The number of likely N-dealkylation sites (tertiary alicyclic amines) is 1. The summed E-state index contributed by atoms with van der Waals surface area (Å²) in [5.74, 6) is 1.10. The summed E-state index contributed by atoms with van der Waals surface area (Å²) in [5, 5.41) is 2.21. The average Bonchev–Trinajstić information content (AvgIpc) is 3.49. The number of hydrogen-bond donors (Lipinski definition) is 0. The molecule has 0 N–H and O–H groups in total. The van der Waals surface area contributed by atoms with Crippen LogP contribution in [0.5, 0.6) is 0 Å². The third-order valence-corrected chi connectivity index (χ3v) is 9.18. The van der Waals surface area contributed by atoms with E-state index in [4.69, 9.17) is 0 Å². The molecule has 4 heteroatoms. The molecule has 5 rings (SSSR count). The molecule has 0 radical (unpaired) electrons. The Bertz CT molecular complexity index is 1120. The normalized spacial score (nSPS) is 21.3. The number of thiophene rings is 1. The van der Waals surface area contributed by atoms with E-state index in [1.807, 2.05) is 41.7 Å². The van der Waals surface area contributed by atoms with Crippen molar-refractivity contribution in [3.8, 4) is 0 Å². The van der Waals surface area contributed by atoms with Crippen LogP contribution in [0, 0.1) is 19.8 Å². The van der Waals surface area contributed by atoms with Crippen LogP contribution in [0.3, 0.4) is 0 Å². The maximum absolute atomic E-state index is 13.8. The number of benzene rings is 2. The quantitative estimate of drug-likeness (QED) is 0.357. The molecular formula is C31H38N2OS. The lowest BCUT2D eigenvalue weighted by molar-refractivity contribution is 0.0588. The highest BCUT2D eigenvalue weighted by atomic mass is 32.1. The van der Waals surface area contributed by atoms with Gasteiger partial charge in [0.05, 0.1) is 0 Å². The van der Waals surface area contributed by atoms with Crippen LogP contribution >= 0.6 is 11.3 Å². The van der Waals surface area contributed by atoms with E-state index in [0.29, 0.717) is 17.9 Å². The highest BCUT2D eigenvalue weighted by Crippen LogP contribution is 2.37. The minimum absolute atomic E-state index is 0.216. The van der Waals surface area contributed by atoms with Crippen LogP contribution in [0.4, 0.5) is 0 Å². The Labute approximate surface area is 214 Å². The fourth-order valence-electron chi connectivity index (χ4n) is 6.19. The lowest BCUT2D eigenvalue weighted by Crippen LogP contribution is -2.45. The van der Waals surface area contributed by atoms with E-state index in [0.717, 1.165) is 44.6 Å². The standard InChI is InChI=1S/C31H38N2OS/c1-23-11-9-10-16-28(23)29-21-32(22-30-24(2)17-18-35-30)19-26(29)20-33(27-14-7-4-8-15-27)31(34)25-12-5-3-6-13-25/h3,5-6,9-13,16-18,26-27,29H,4,7-8,14-15,19-22H2,1-2H3/t26-,29-/m1/s1. The van der Waals surface area contributed by atoms with Gasteiger partial charge in [0.25, 0.3) is 5.91 Å². The number of hydrogen-bond acceptors (Lipinski definition) is 3. The summed E-state index contributed by atoms with van der Waals surface area (Å²) in [6.07, 6.45) is 6.04. The summed E-state index contributed by atoms with van der Waals surface area (Å²) < 4.78 is 0. The number of rotatable bonds is 7. The Morgan fingerprint density at radius 1 is 0.914 bits per heavy atom. The monoisotopic (exact) mass is 486 g/mol. The van der Waals surface area contributed by atoms with E-state index in [1.54, 1.807) is 0 Å². The number of nitrogens with zero attached hydrogens (tertiary/aromatic N) is 2. The molecule has 2 fully saturated rings. The molecule has 1 saturated carbocycles. The van der Waals surface area contributed by atoms with Gasteiger partial charge < -0.3 is 4.90 Å². The molecular weight excluding hydrogens is 448 g/mol. The molecule has 1 amide bonds.